The summed E-state index contributed by atoms with van der Waals surface area (Å²) < 4.78 is 0. The molecule has 2 heterocycles. The summed E-state index contributed by atoms with van der Waals surface area (Å²) >= 11 is 0. The molecule has 5 rings (SSSR count). The van der Waals surface area contributed by atoms with Crippen LogP contribution in [0.1, 0.15) is 63.8 Å². The number of aromatic nitrogens is 1. The summed E-state index contributed by atoms with van der Waals surface area (Å²) in [6, 6.07) is 17.4. The third-order valence-electron chi connectivity index (χ3n) is 6.59. The molecule has 1 aliphatic carbocycles. The number of rotatable bonds is 7. The highest BCUT2D eigenvalue weighted by molar-refractivity contribution is 5.89. The van der Waals surface area contributed by atoms with Crippen molar-refractivity contribution >= 4 is 17.3 Å². The Morgan fingerprint density at radius 3 is 2.65 bits per heavy atom. The molecule has 1 aliphatic heterocycles. The molecule has 1 atom stereocenters. The predicted octanol–water partition coefficient (Wildman–Crippen LogP) is 5.20. The molecule has 158 valence electrons. The van der Waals surface area contributed by atoms with Crippen molar-refractivity contribution in [2.75, 3.05) is 11.9 Å². The SMILES string of the molecule is CN(c1ccc(C2CC2)cc1)c1ccc2c(c1)CN[C@@H]2CCc1cnccc1C(=O)O. The summed E-state index contributed by atoms with van der Waals surface area (Å²) in [6.07, 6.45) is 7.39. The van der Waals surface area contributed by atoms with E-state index in [-0.39, 0.29) is 6.04 Å². The second kappa shape index (κ2) is 8.16. The summed E-state index contributed by atoms with van der Waals surface area (Å²) in [6.45, 7) is 0.834. The maximum Gasteiger partial charge on any atom is 0.336 e. The molecular weight excluding hydrogens is 386 g/mol. The van der Waals surface area contributed by atoms with Gasteiger partial charge in [-0.3, -0.25) is 4.98 Å². The number of aromatic carboxylic acids is 1. The van der Waals surface area contributed by atoms with Gasteiger partial charge in [-0.15, -0.1) is 0 Å². The molecule has 3 aromatic rings. The number of carboxylic acid groups (broad SMARTS) is 1. The van der Waals surface area contributed by atoms with Gasteiger partial charge in [-0.25, -0.2) is 4.79 Å². The lowest BCUT2D eigenvalue weighted by Gasteiger charge is -2.21. The zero-order chi connectivity index (χ0) is 21.4. The summed E-state index contributed by atoms with van der Waals surface area (Å²) in [5.41, 5.74) is 7.59. The molecule has 0 radical (unpaired) electrons. The van der Waals surface area contributed by atoms with E-state index in [0.717, 1.165) is 24.4 Å². The Labute approximate surface area is 182 Å². The lowest BCUT2D eigenvalue weighted by molar-refractivity contribution is 0.0695. The van der Waals surface area contributed by atoms with Gasteiger partial charge < -0.3 is 15.3 Å². The number of hydrogen-bond acceptors (Lipinski definition) is 4. The van der Waals surface area contributed by atoms with Gasteiger partial charge in [0.1, 0.15) is 0 Å². The van der Waals surface area contributed by atoms with Crippen molar-refractivity contribution in [1.82, 2.24) is 10.3 Å². The van der Waals surface area contributed by atoms with Gasteiger partial charge in [-0.1, -0.05) is 18.2 Å². The Kier molecular flexibility index (Phi) is 5.20. The van der Waals surface area contributed by atoms with E-state index in [4.69, 9.17) is 0 Å². The van der Waals surface area contributed by atoms with Crippen LogP contribution in [0, 0.1) is 0 Å². The van der Waals surface area contributed by atoms with Gasteiger partial charge in [0.2, 0.25) is 0 Å². The van der Waals surface area contributed by atoms with Crippen LogP contribution >= 0.6 is 0 Å². The number of nitrogens with one attached hydrogen (secondary N) is 1. The molecule has 5 nitrogen and oxygen atoms in total. The van der Waals surface area contributed by atoms with Crippen molar-refractivity contribution in [1.29, 1.82) is 0 Å². The molecular formula is C26H27N3O2. The van der Waals surface area contributed by atoms with Gasteiger partial charge in [0.05, 0.1) is 5.56 Å². The van der Waals surface area contributed by atoms with Crippen molar-refractivity contribution in [3.63, 3.8) is 0 Å². The maximum atomic E-state index is 11.4. The number of carbonyl (C=O) groups is 1. The van der Waals surface area contributed by atoms with Crippen LogP contribution in [0.2, 0.25) is 0 Å². The molecule has 0 unspecified atom stereocenters. The first-order valence-electron chi connectivity index (χ1n) is 11.0. The second-order valence-electron chi connectivity index (χ2n) is 8.62. The summed E-state index contributed by atoms with van der Waals surface area (Å²) in [5.74, 6) is -0.115. The van der Waals surface area contributed by atoms with Gasteiger partial charge >= 0.3 is 5.97 Å². The first kappa shape index (κ1) is 19.8. The van der Waals surface area contributed by atoms with Gasteiger partial charge in [0.25, 0.3) is 0 Å². The monoisotopic (exact) mass is 413 g/mol. The van der Waals surface area contributed by atoms with Crippen LogP contribution in [0.3, 0.4) is 0 Å². The van der Waals surface area contributed by atoms with E-state index in [0.29, 0.717) is 12.0 Å². The first-order chi connectivity index (χ1) is 15.1. The molecule has 31 heavy (non-hydrogen) atoms. The number of carboxylic acids is 1. The molecule has 0 saturated heterocycles. The van der Waals surface area contributed by atoms with Crippen molar-refractivity contribution in [2.45, 2.75) is 44.2 Å². The van der Waals surface area contributed by atoms with E-state index in [1.807, 2.05) is 0 Å². The average Bonchev–Trinajstić information content (AvgIpc) is 3.57. The lowest BCUT2D eigenvalue weighted by Crippen LogP contribution is -2.14. The number of anilines is 2. The fourth-order valence-corrected chi connectivity index (χ4v) is 4.57. The van der Waals surface area contributed by atoms with E-state index in [9.17, 15) is 9.90 Å². The third kappa shape index (κ3) is 4.06. The fraction of sp³-hybridized carbons (Fsp3) is 0.308. The van der Waals surface area contributed by atoms with Crippen molar-refractivity contribution < 1.29 is 9.90 Å². The summed E-state index contributed by atoms with van der Waals surface area (Å²) in [4.78, 5) is 17.8. The molecule has 1 aromatic heterocycles. The summed E-state index contributed by atoms with van der Waals surface area (Å²) in [7, 11) is 2.11. The molecule has 0 spiro atoms. The minimum Gasteiger partial charge on any atom is -0.478 e. The zero-order valence-electron chi connectivity index (χ0n) is 17.7. The van der Waals surface area contributed by atoms with Gasteiger partial charge in [-0.2, -0.15) is 0 Å². The fourth-order valence-electron chi connectivity index (χ4n) is 4.57. The lowest BCUT2D eigenvalue weighted by atomic mass is 9.97. The quantitative estimate of drug-likeness (QED) is 0.557. The molecule has 1 fully saturated rings. The van der Waals surface area contributed by atoms with Crippen LogP contribution in [0.5, 0.6) is 0 Å². The van der Waals surface area contributed by atoms with Gasteiger partial charge in [0, 0.05) is 43.4 Å². The minimum atomic E-state index is -0.893. The Bertz CT molecular complexity index is 1110. The highest BCUT2D eigenvalue weighted by Crippen LogP contribution is 2.41. The van der Waals surface area contributed by atoms with E-state index >= 15 is 0 Å². The van der Waals surface area contributed by atoms with Crippen LogP contribution in [0.15, 0.2) is 60.9 Å². The van der Waals surface area contributed by atoms with Gasteiger partial charge in [0.15, 0.2) is 0 Å². The Balaban J connectivity index is 1.29. The van der Waals surface area contributed by atoms with E-state index in [1.54, 1.807) is 12.3 Å². The first-order valence-corrected chi connectivity index (χ1v) is 11.0. The number of benzene rings is 2. The van der Waals surface area contributed by atoms with Crippen molar-refractivity contribution in [3.8, 4) is 0 Å². The van der Waals surface area contributed by atoms with E-state index in [1.165, 1.54) is 47.1 Å². The molecule has 2 aromatic carbocycles. The van der Waals surface area contributed by atoms with Crippen LogP contribution in [-0.2, 0) is 13.0 Å². The molecule has 0 amide bonds. The summed E-state index contributed by atoms with van der Waals surface area (Å²) in [5, 5.41) is 13.0. The van der Waals surface area contributed by atoms with E-state index < -0.39 is 5.97 Å². The zero-order valence-corrected chi connectivity index (χ0v) is 17.7. The molecule has 1 saturated carbocycles. The normalized spacial score (nSPS) is 17.4. The second-order valence-corrected chi connectivity index (χ2v) is 8.62. The Morgan fingerprint density at radius 1 is 1.13 bits per heavy atom. The number of aryl methyl sites for hydroxylation is 1. The predicted molar refractivity (Wildman–Crippen MR) is 122 cm³/mol. The topological polar surface area (TPSA) is 65.5 Å². The third-order valence-corrected chi connectivity index (χ3v) is 6.59. The number of pyridine rings is 1. The van der Waals surface area contributed by atoms with Gasteiger partial charge in [-0.05, 0) is 84.2 Å². The van der Waals surface area contributed by atoms with Crippen molar-refractivity contribution in [2.24, 2.45) is 0 Å². The highest BCUT2D eigenvalue weighted by atomic mass is 16.4. The van der Waals surface area contributed by atoms with Crippen molar-refractivity contribution in [3.05, 3.63) is 88.7 Å². The highest BCUT2D eigenvalue weighted by Gasteiger charge is 2.24. The Morgan fingerprint density at radius 2 is 1.90 bits per heavy atom. The number of nitrogens with zero attached hydrogens (tertiary/aromatic N) is 2. The maximum absolute atomic E-state index is 11.4. The standard InChI is InChI=1S/C26H27N3O2/c1-29(21-7-4-18(5-8-21)17-2-3-17)22-9-10-23-20(14-22)16-28-25(23)11-6-19-15-27-13-12-24(19)26(30)31/h4-5,7-10,12-15,17,25,28H,2-3,6,11,16H2,1H3,(H,30,31)/t25-/m1/s1. The average molecular weight is 414 g/mol. The number of hydrogen-bond donors (Lipinski definition) is 2. The van der Waals surface area contributed by atoms with Crippen LogP contribution in [-0.4, -0.2) is 23.1 Å². The van der Waals surface area contributed by atoms with Crippen LogP contribution in [0.25, 0.3) is 0 Å². The largest absolute Gasteiger partial charge is 0.478 e. The smallest absolute Gasteiger partial charge is 0.336 e. The molecule has 2 aliphatic rings. The van der Waals surface area contributed by atoms with Crippen LogP contribution < -0.4 is 10.2 Å². The van der Waals surface area contributed by atoms with Crippen LogP contribution in [0.4, 0.5) is 11.4 Å². The molecule has 2 N–H and O–H groups in total. The minimum absolute atomic E-state index is 0.231. The molecule has 0 bridgehead atoms. The Hall–Kier alpha value is -3.18. The van der Waals surface area contributed by atoms with E-state index in [2.05, 4.69) is 64.7 Å². The molecule has 5 heteroatoms. The number of fused-ring (bicyclic) bond motifs is 1.